The molecule has 1 N–H and O–H groups in total. The van der Waals surface area contributed by atoms with Gasteiger partial charge >= 0.3 is 0 Å². The molecule has 0 amide bonds. The first kappa shape index (κ1) is 18.3. The van der Waals surface area contributed by atoms with Gasteiger partial charge in [0.2, 0.25) is 0 Å². The van der Waals surface area contributed by atoms with Crippen LogP contribution in [-0.2, 0) is 12.8 Å². The highest BCUT2D eigenvalue weighted by molar-refractivity contribution is 6.25. The van der Waals surface area contributed by atoms with E-state index < -0.39 is 0 Å². The predicted octanol–water partition coefficient (Wildman–Crippen LogP) is 8.39. The summed E-state index contributed by atoms with van der Waals surface area (Å²) in [4.78, 5) is 0. The van der Waals surface area contributed by atoms with Gasteiger partial charge in [0.15, 0.2) is 0 Å². The zero-order valence-electron chi connectivity index (χ0n) is 18.8. The van der Waals surface area contributed by atoms with Gasteiger partial charge in [0.1, 0.15) is 0 Å². The van der Waals surface area contributed by atoms with Gasteiger partial charge in [-0.3, -0.25) is 0 Å². The Morgan fingerprint density at radius 1 is 0.647 bits per heavy atom. The first-order valence-corrected chi connectivity index (χ1v) is 12.2. The fraction of sp³-hybridized carbons (Fsp3) is 0.0909. The van der Waals surface area contributed by atoms with Crippen molar-refractivity contribution in [1.29, 1.82) is 0 Å². The minimum atomic E-state index is 0.331. The van der Waals surface area contributed by atoms with E-state index >= 15 is 0 Å². The second-order valence-electron chi connectivity index (χ2n) is 9.84. The quantitative estimate of drug-likeness (QED) is 0.270. The number of allylic oxidation sites excluding steroid dienone is 1. The van der Waals surface area contributed by atoms with E-state index in [0.717, 1.165) is 12.8 Å². The Morgan fingerprint density at radius 2 is 1.38 bits per heavy atom. The number of fused-ring (bicyclic) bond motifs is 2. The minimum absolute atomic E-state index is 0.331. The highest BCUT2D eigenvalue weighted by Gasteiger charge is 2.23. The van der Waals surface area contributed by atoms with E-state index in [1.807, 2.05) is 0 Å². The van der Waals surface area contributed by atoms with E-state index in [0.29, 0.717) is 6.04 Å². The summed E-state index contributed by atoms with van der Waals surface area (Å²) in [6.07, 6.45) is 4.43. The van der Waals surface area contributed by atoms with Crippen molar-refractivity contribution in [1.82, 2.24) is 0 Å². The topological polar surface area (TPSA) is 12.0 Å². The molecule has 1 heteroatoms. The maximum atomic E-state index is 3.74. The average Bonchev–Trinajstić information content (AvgIpc) is 3.51. The molecule has 1 nitrogen and oxygen atoms in total. The SMILES string of the molecule is C1=C(c2ccc3ccc4cc(C5Cc6ccccc6N5)cc5ccc2c3c45)Cc2ccccc21. The summed E-state index contributed by atoms with van der Waals surface area (Å²) in [5, 5.41) is 11.9. The normalized spacial score (nSPS) is 16.7. The third-order valence-corrected chi connectivity index (χ3v) is 7.91. The number of para-hydroxylation sites is 1. The van der Waals surface area contributed by atoms with Gasteiger partial charge in [-0.2, -0.15) is 0 Å². The Kier molecular flexibility index (Phi) is 3.62. The number of benzene rings is 6. The molecule has 0 saturated carbocycles. The van der Waals surface area contributed by atoms with Crippen LogP contribution in [0.3, 0.4) is 0 Å². The first-order valence-electron chi connectivity index (χ1n) is 12.2. The molecule has 0 radical (unpaired) electrons. The van der Waals surface area contributed by atoms with E-state index in [1.54, 1.807) is 0 Å². The lowest BCUT2D eigenvalue weighted by molar-refractivity contribution is 0.827. The summed E-state index contributed by atoms with van der Waals surface area (Å²) < 4.78 is 0. The lowest BCUT2D eigenvalue weighted by Gasteiger charge is -2.18. The molecule has 0 bridgehead atoms. The Bertz CT molecular complexity index is 1740. The van der Waals surface area contributed by atoms with E-state index in [1.165, 1.54) is 71.4 Å². The van der Waals surface area contributed by atoms with Gasteiger partial charge in [0.05, 0.1) is 6.04 Å². The average molecular weight is 434 g/mol. The number of hydrogen-bond acceptors (Lipinski definition) is 1. The summed E-state index contributed by atoms with van der Waals surface area (Å²) in [5.41, 5.74) is 9.64. The van der Waals surface area contributed by atoms with Crippen molar-refractivity contribution >= 4 is 49.7 Å². The third kappa shape index (κ3) is 2.55. The van der Waals surface area contributed by atoms with Crippen LogP contribution in [0.25, 0.3) is 44.0 Å². The highest BCUT2D eigenvalue weighted by Crippen LogP contribution is 2.42. The molecule has 1 heterocycles. The van der Waals surface area contributed by atoms with Gasteiger partial charge in [-0.15, -0.1) is 0 Å². The molecule has 0 spiro atoms. The van der Waals surface area contributed by atoms with Crippen molar-refractivity contribution in [3.05, 3.63) is 125 Å². The molecule has 6 aromatic carbocycles. The molecule has 0 saturated heterocycles. The monoisotopic (exact) mass is 433 g/mol. The molecule has 8 rings (SSSR count). The third-order valence-electron chi connectivity index (χ3n) is 7.91. The molecular weight excluding hydrogens is 410 g/mol. The van der Waals surface area contributed by atoms with Crippen molar-refractivity contribution in [3.63, 3.8) is 0 Å². The van der Waals surface area contributed by atoms with Crippen molar-refractivity contribution in [3.8, 4) is 0 Å². The Balaban J connectivity index is 1.30. The lowest BCUT2D eigenvalue weighted by Crippen LogP contribution is -2.05. The zero-order valence-corrected chi connectivity index (χ0v) is 18.8. The van der Waals surface area contributed by atoms with Gasteiger partial charge < -0.3 is 5.32 Å². The van der Waals surface area contributed by atoms with Crippen LogP contribution in [0.5, 0.6) is 0 Å². The molecular formula is C33H23N. The molecule has 1 aliphatic carbocycles. The maximum absolute atomic E-state index is 3.74. The predicted molar refractivity (Wildman–Crippen MR) is 145 cm³/mol. The fourth-order valence-electron chi connectivity index (χ4n) is 6.28. The number of nitrogens with one attached hydrogen (secondary N) is 1. The van der Waals surface area contributed by atoms with Gasteiger partial charge in [-0.25, -0.2) is 0 Å². The lowest BCUT2D eigenvalue weighted by atomic mass is 9.87. The molecule has 1 aliphatic heterocycles. The molecule has 160 valence electrons. The molecule has 0 fully saturated rings. The Hall–Kier alpha value is -4.10. The van der Waals surface area contributed by atoms with Gasteiger partial charge in [-0.05, 0) is 96.7 Å². The number of anilines is 1. The maximum Gasteiger partial charge on any atom is 0.0555 e. The zero-order chi connectivity index (χ0) is 22.2. The van der Waals surface area contributed by atoms with Crippen LogP contribution in [0.4, 0.5) is 5.69 Å². The van der Waals surface area contributed by atoms with E-state index in [4.69, 9.17) is 0 Å². The van der Waals surface area contributed by atoms with Gasteiger partial charge in [0, 0.05) is 5.69 Å². The summed E-state index contributed by atoms with van der Waals surface area (Å²) in [5.74, 6) is 0. The van der Waals surface area contributed by atoms with Crippen molar-refractivity contribution in [2.45, 2.75) is 18.9 Å². The van der Waals surface area contributed by atoms with Crippen molar-refractivity contribution in [2.75, 3.05) is 5.32 Å². The summed E-state index contributed by atoms with van der Waals surface area (Å²) in [6, 6.07) is 36.5. The molecule has 1 atom stereocenters. The van der Waals surface area contributed by atoms with Crippen LogP contribution < -0.4 is 5.32 Å². The Morgan fingerprint density at radius 3 is 2.24 bits per heavy atom. The summed E-state index contributed by atoms with van der Waals surface area (Å²) >= 11 is 0. The van der Waals surface area contributed by atoms with Crippen LogP contribution >= 0.6 is 0 Å². The molecule has 0 aromatic heterocycles. The van der Waals surface area contributed by atoms with E-state index in [2.05, 4.69) is 108 Å². The van der Waals surface area contributed by atoms with Crippen molar-refractivity contribution < 1.29 is 0 Å². The highest BCUT2D eigenvalue weighted by atomic mass is 14.9. The van der Waals surface area contributed by atoms with E-state index in [-0.39, 0.29) is 0 Å². The molecule has 6 aromatic rings. The van der Waals surface area contributed by atoms with Gasteiger partial charge in [-0.1, -0.05) is 84.9 Å². The van der Waals surface area contributed by atoms with E-state index in [9.17, 15) is 0 Å². The number of rotatable bonds is 2. The standard InChI is InChI=1S/C33H23N/c1-2-6-22-16-26(15-21(22)5-1)28-13-11-20-9-10-24-17-27(18-25-12-14-29(28)33(20)32(24)25)31-19-23-7-3-4-8-30(23)34-31/h1-15,17-18,31,34H,16,19H2. The first-order chi connectivity index (χ1) is 16.8. The van der Waals surface area contributed by atoms with Crippen LogP contribution in [0.15, 0.2) is 97.1 Å². The molecule has 1 unspecified atom stereocenters. The minimum Gasteiger partial charge on any atom is -0.378 e. The van der Waals surface area contributed by atoms with Crippen LogP contribution in [-0.4, -0.2) is 0 Å². The second-order valence-corrected chi connectivity index (χ2v) is 9.84. The van der Waals surface area contributed by atoms with Crippen LogP contribution in [0.1, 0.15) is 33.9 Å². The van der Waals surface area contributed by atoms with Gasteiger partial charge in [0.25, 0.3) is 0 Å². The fourth-order valence-corrected chi connectivity index (χ4v) is 6.28. The summed E-state index contributed by atoms with van der Waals surface area (Å²) in [7, 11) is 0. The second kappa shape index (κ2) is 6.71. The number of hydrogen-bond donors (Lipinski definition) is 1. The molecule has 2 aliphatic rings. The molecule has 34 heavy (non-hydrogen) atoms. The van der Waals surface area contributed by atoms with Crippen LogP contribution in [0, 0.1) is 0 Å². The largest absolute Gasteiger partial charge is 0.378 e. The van der Waals surface area contributed by atoms with Crippen molar-refractivity contribution in [2.24, 2.45) is 0 Å². The Labute approximate surface area is 198 Å². The summed E-state index contributed by atoms with van der Waals surface area (Å²) in [6.45, 7) is 0. The smallest absolute Gasteiger partial charge is 0.0555 e. The van der Waals surface area contributed by atoms with Crippen LogP contribution in [0.2, 0.25) is 0 Å².